The molecule has 182 valence electrons. The number of rotatable bonds is 6. The van der Waals surface area contributed by atoms with Gasteiger partial charge in [-0.1, -0.05) is 18.2 Å². The van der Waals surface area contributed by atoms with Crippen LogP contribution in [-0.2, 0) is 14.6 Å². The molecule has 3 heterocycles. The molecule has 1 saturated carbocycles. The molecule has 0 bridgehead atoms. The van der Waals surface area contributed by atoms with Crippen LogP contribution in [0.3, 0.4) is 0 Å². The smallest absolute Gasteiger partial charge is 0.409 e. The average molecular weight is 508 g/mol. The Bertz CT molecular complexity index is 1250. The van der Waals surface area contributed by atoms with E-state index in [1.165, 1.54) is 23.2 Å². The molecule has 2 aromatic heterocycles. The third-order valence-electron chi connectivity index (χ3n) is 6.44. The Morgan fingerprint density at radius 2 is 2.00 bits per heavy atom. The van der Waals surface area contributed by atoms with Crippen LogP contribution in [0, 0.1) is 5.92 Å². The molecule has 1 amide bonds. The van der Waals surface area contributed by atoms with Gasteiger partial charge in [0, 0.05) is 24.6 Å². The van der Waals surface area contributed by atoms with Gasteiger partial charge in [0.2, 0.25) is 0 Å². The first kappa shape index (κ1) is 23.3. The summed E-state index contributed by atoms with van der Waals surface area (Å²) in [6, 6.07) is -1.18. The highest BCUT2D eigenvalue weighted by Crippen LogP contribution is 2.40. The lowest BCUT2D eigenvalue weighted by Gasteiger charge is -2.31. The molecular weight excluding hydrogens is 481 g/mol. The van der Waals surface area contributed by atoms with Gasteiger partial charge in [-0.2, -0.15) is 5.10 Å². The summed E-state index contributed by atoms with van der Waals surface area (Å²) in [5, 5.41) is 3.25. The number of aromatic nitrogens is 4. The van der Waals surface area contributed by atoms with E-state index < -0.39 is 20.9 Å². The number of piperidine rings is 1. The Kier molecular flexibility index (Phi) is 6.13. The summed E-state index contributed by atoms with van der Waals surface area (Å²) in [6.07, 6.45) is 12.9. The van der Waals surface area contributed by atoms with E-state index in [0.29, 0.717) is 41.7 Å². The predicted octanol–water partition coefficient (Wildman–Crippen LogP) is 3.31. The normalized spacial score (nSPS) is 25.7. The molecule has 1 aliphatic heterocycles. The first-order chi connectivity index (χ1) is 16.3. The van der Waals surface area contributed by atoms with Crippen LogP contribution in [0.5, 0.6) is 0 Å². The fourth-order valence-corrected chi connectivity index (χ4v) is 6.28. The van der Waals surface area contributed by atoms with Gasteiger partial charge in [-0.25, -0.2) is 32.3 Å². The Labute approximate surface area is 201 Å². The number of carbonyl (C=O) groups excluding carboxylic acids is 1. The second-order valence-corrected chi connectivity index (χ2v) is 12.4. The number of allylic oxidation sites excluding steroid dienone is 3. The molecular formula is C22H26FN5O4S2. The van der Waals surface area contributed by atoms with Crippen molar-refractivity contribution in [2.45, 2.75) is 47.0 Å². The van der Waals surface area contributed by atoms with Crippen molar-refractivity contribution in [3.8, 4) is 0 Å². The quantitative estimate of drug-likeness (QED) is 0.548. The number of fused-ring (bicyclic) bond motifs is 1. The minimum absolute atomic E-state index is 0.239. The van der Waals surface area contributed by atoms with Gasteiger partial charge in [0.25, 0.3) is 5.00 Å². The molecule has 12 heteroatoms. The molecule has 34 heavy (non-hydrogen) atoms. The van der Waals surface area contributed by atoms with E-state index in [2.05, 4.69) is 15.1 Å². The molecule has 1 saturated heterocycles. The van der Waals surface area contributed by atoms with Crippen LogP contribution >= 0.6 is 11.8 Å². The molecule has 0 radical (unpaired) electrons. The minimum atomic E-state index is -4.08. The van der Waals surface area contributed by atoms with Gasteiger partial charge in [0.1, 0.15) is 17.4 Å². The van der Waals surface area contributed by atoms with Crippen LogP contribution in [0.1, 0.15) is 31.7 Å². The maximum atomic E-state index is 15.6. The molecule has 2 atom stereocenters. The maximum absolute atomic E-state index is 15.6. The van der Waals surface area contributed by atoms with Gasteiger partial charge in [-0.05, 0) is 37.7 Å². The number of hydrogen-bond donors (Lipinski definition) is 0. The average Bonchev–Trinajstić information content (AvgIpc) is 3.55. The Morgan fingerprint density at radius 1 is 1.24 bits per heavy atom. The lowest BCUT2D eigenvalue weighted by Crippen LogP contribution is -2.41. The number of carbonyl (C=O) groups is 1. The van der Waals surface area contributed by atoms with Crippen LogP contribution in [0.25, 0.3) is 11.0 Å². The van der Waals surface area contributed by atoms with E-state index in [9.17, 15) is 13.2 Å². The Hall–Kier alpha value is -2.47. The highest BCUT2D eigenvalue weighted by molar-refractivity contribution is 8.00. The first-order valence-corrected chi connectivity index (χ1v) is 14.0. The van der Waals surface area contributed by atoms with Crippen molar-refractivity contribution in [3.63, 3.8) is 0 Å². The number of hydrogen-bond acceptors (Lipinski definition) is 8. The maximum Gasteiger partial charge on any atom is 0.409 e. The number of likely N-dealkylation sites (tertiary alicyclic amines) is 1. The number of thioether (sulfide) groups is 1. The number of ether oxygens (including phenoxy) is 1. The van der Waals surface area contributed by atoms with Gasteiger partial charge >= 0.3 is 6.09 Å². The number of halogens is 1. The molecule has 2 unspecified atom stereocenters. The zero-order chi connectivity index (χ0) is 23.9. The van der Waals surface area contributed by atoms with Crippen LogP contribution in [-0.4, -0.2) is 75.4 Å². The standard InChI is InChI=1S/C22H26FN5O4S2/c1-34(30,31)22(23)9-3-2-4-18(22)28-19-17(12-26-28)20(25-14-24-19)33-16-7-10-27(11-8-16)21(29)32-13-15-5-6-15/h2-4,9,12,14-16,18H,5-8,10-11,13H2,1H3. The van der Waals surface area contributed by atoms with Crippen molar-refractivity contribution >= 4 is 38.7 Å². The van der Waals surface area contributed by atoms with Gasteiger partial charge in [0.15, 0.2) is 15.5 Å². The summed E-state index contributed by atoms with van der Waals surface area (Å²) in [6.45, 7) is 1.75. The van der Waals surface area contributed by atoms with Crippen molar-refractivity contribution in [1.82, 2.24) is 24.6 Å². The molecule has 2 aromatic rings. The largest absolute Gasteiger partial charge is 0.449 e. The fourth-order valence-electron chi connectivity index (χ4n) is 4.19. The Morgan fingerprint density at radius 3 is 2.71 bits per heavy atom. The molecule has 9 nitrogen and oxygen atoms in total. The summed E-state index contributed by atoms with van der Waals surface area (Å²) in [7, 11) is -4.08. The van der Waals surface area contributed by atoms with E-state index in [4.69, 9.17) is 4.74 Å². The summed E-state index contributed by atoms with van der Waals surface area (Å²) < 4.78 is 46.8. The van der Waals surface area contributed by atoms with E-state index in [-0.39, 0.29) is 11.3 Å². The SMILES string of the molecule is CS(=O)(=O)C1(F)C=CC=CC1n1ncc2c(SC3CCN(C(=O)OCC4CC4)CC3)ncnc21. The minimum Gasteiger partial charge on any atom is -0.449 e. The molecule has 0 spiro atoms. The van der Waals surface area contributed by atoms with Gasteiger partial charge in [-0.15, -0.1) is 11.8 Å². The van der Waals surface area contributed by atoms with Crippen LogP contribution in [0.15, 0.2) is 41.9 Å². The van der Waals surface area contributed by atoms with E-state index >= 15 is 4.39 Å². The summed E-state index contributed by atoms with van der Waals surface area (Å²) in [4.78, 5) is 22.7. The van der Waals surface area contributed by atoms with E-state index in [1.54, 1.807) is 28.9 Å². The predicted molar refractivity (Wildman–Crippen MR) is 126 cm³/mol. The van der Waals surface area contributed by atoms with Crippen molar-refractivity contribution < 1.29 is 22.3 Å². The third kappa shape index (κ3) is 4.45. The lowest BCUT2D eigenvalue weighted by atomic mass is 10.1. The second kappa shape index (κ2) is 8.95. The topological polar surface area (TPSA) is 107 Å². The van der Waals surface area contributed by atoms with Crippen LogP contribution < -0.4 is 0 Å². The lowest BCUT2D eigenvalue weighted by molar-refractivity contribution is 0.0920. The van der Waals surface area contributed by atoms with Crippen LogP contribution in [0.4, 0.5) is 9.18 Å². The number of nitrogens with zero attached hydrogens (tertiary/aromatic N) is 5. The number of amides is 1. The van der Waals surface area contributed by atoms with Crippen molar-refractivity contribution in [3.05, 3.63) is 36.8 Å². The Balaban J connectivity index is 1.30. The molecule has 2 fully saturated rings. The van der Waals surface area contributed by atoms with E-state index in [1.807, 2.05) is 0 Å². The molecule has 0 aromatic carbocycles. The van der Waals surface area contributed by atoms with Gasteiger partial charge in [0.05, 0.1) is 18.2 Å². The highest BCUT2D eigenvalue weighted by Gasteiger charge is 2.48. The van der Waals surface area contributed by atoms with Crippen molar-refractivity contribution in [2.24, 2.45) is 5.92 Å². The summed E-state index contributed by atoms with van der Waals surface area (Å²) in [5.41, 5.74) is 0.370. The summed E-state index contributed by atoms with van der Waals surface area (Å²) in [5.74, 6) is 0.540. The zero-order valence-corrected chi connectivity index (χ0v) is 20.3. The molecule has 0 N–H and O–H groups in total. The monoisotopic (exact) mass is 507 g/mol. The van der Waals surface area contributed by atoms with Gasteiger partial charge < -0.3 is 9.64 Å². The first-order valence-electron chi connectivity index (χ1n) is 11.3. The number of alkyl halides is 1. The summed E-state index contributed by atoms with van der Waals surface area (Å²) >= 11 is 1.57. The second-order valence-electron chi connectivity index (χ2n) is 8.99. The van der Waals surface area contributed by atoms with E-state index in [0.717, 1.165) is 38.0 Å². The fraction of sp³-hybridized carbons (Fsp3) is 0.545. The van der Waals surface area contributed by atoms with Crippen LogP contribution in [0.2, 0.25) is 0 Å². The number of sulfone groups is 1. The molecule has 5 rings (SSSR count). The van der Waals surface area contributed by atoms with Gasteiger partial charge in [-0.3, -0.25) is 0 Å². The van der Waals surface area contributed by atoms with Crippen molar-refractivity contribution in [2.75, 3.05) is 26.0 Å². The highest BCUT2D eigenvalue weighted by atomic mass is 32.2. The molecule has 2 aliphatic carbocycles. The molecule has 3 aliphatic rings. The third-order valence-corrected chi connectivity index (χ3v) is 9.30. The zero-order valence-electron chi connectivity index (χ0n) is 18.7. The van der Waals surface area contributed by atoms with Crippen molar-refractivity contribution in [1.29, 1.82) is 0 Å².